The Morgan fingerprint density at radius 1 is 1.10 bits per heavy atom. The summed E-state index contributed by atoms with van der Waals surface area (Å²) in [6.07, 6.45) is 0.693. The molecule has 0 aliphatic carbocycles. The third kappa shape index (κ3) is 5.53. The monoisotopic (exact) mass is 294 g/mol. The van der Waals surface area contributed by atoms with E-state index in [1.54, 1.807) is 7.11 Å². The van der Waals surface area contributed by atoms with Crippen molar-refractivity contribution in [2.45, 2.75) is 12.5 Å². The third-order valence-corrected chi connectivity index (χ3v) is 3.78. The van der Waals surface area contributed by atoms with Gasteiger partial charge >= 0.3 is 0 Å². The Bertz CT molecular complexity index is 410. The lowest BCUT2D eigenvalue weighted by molar-refractivity contribution is 0.0696. The topological polar surface area (TPSA) is 45.2 Å². The number of benzene rings is 1. The molecule has 0 aromatic heterocycles. The molecule has 0 amide bonds. The third-order valence-electron chi connectivity index (χ3n) is 3.78. The van der Waals surface area contributed by atoms with Gasteiger partial charge in [0.2, 0.25) is 0 Å². The second-order valence-electron chi connectivity index (χ2n) is 5.60. The number of hydrogen-bond donors (Lipinski definition) is 1. The number of hydrogen-bond acceptors (Lipinski definition) is 5. The van der Waals surface area contributed by atoms with Crippen LogP contribution in [0.5, 0.6) is 11.5 Å². The van der Waals surface area contributed by atoms with Gasteiger partial charge in [0, 0.05) is 19.6 Å². The first-order chi connectivity index (χ1) is 10.2. The van der Waals surface area contributed by atoms with E-state index in [0.29, 0.717) is 13.2 Å². The summed E-state index contributed by atoms with van der Waals surface area (Å²) in [5, 5.41) is 10.1. The quantitative estimate of drug-likeness (QED) is 0.850. The normalized spacial score (nSPS) is 19.0. The van der Waals surface area contributed by atoms with E-state index in [-0.39, 0.29) is 0 Å². The maximum atomic E-state index is 10.1. The second-order valence-corrected chi connectivity index (χ2v) is 5.60. The number of rotatable bonds is 6. The van der Waals surface area contributed by atoms with Crippen LogP contribution in [0.1, 0.15) is 6.42 Å². The van der Waals surface area contributed by atoms with Crippen LogP contribution in [0.4, 0.5) is 0 Å². The predicted molar refractivity (Wildman–Crippen MR) is 83.0 cm³/mol. The molecule has 1 fully saturated rings. The molecule has 0 unspecified atom stereocenters. The first kappa shape index (κ1) is 16.1. The summed E-state index contributed by atoms with van der Waals surface area (Å²) in [6.45, 7) is 5.24. The maximum absolute atomic E-state index is 10.1. The van der Waals surface area contributed by atoms with E-state index in [1.807, 2.05) is 24.3 Å². The Kier molecular flexibility index (Phi) is 6.29. The van der Waals surface area contributed by atoms with Crippen LogP contribution in [-0.4, -0.2) is 74.5 Å². The molecule has 1 aliphatic rings. The van der Waals surface area contributed by atoms with Gasteiger partial charge < -0.3 is 19.5 Å². The number of aliphatic hydroxyl groups is 1. The largest absolute Gasteiger partial charge is 0.497 e. The van der Waals surface area contributed by atoms with Gasteiger partial charge in [0.25, 0.3) is 0 Å². The molecule has 0 spiro atoms. The number of β-amino-alcohol motifs (C(OH)–C–C–N with tert-alkyl or cyclic N) is 1. The molecular formula is C16H26N2O3. The molecule has 1 aromatic rings. The first-order valence-electron chi connectivity index (χ1n) is 7.53. The van der Waals surface area contributed by atoms with Gasteiger partial charge in [-0.3, -0.25) is 4.90 Å². The number of aliphatic hydroxyl groups excluding tert-OH is 1. The molecule has 1 saturated heterocycles. The minimum absolute atomic E-state index is 0.318. The summed E-state index contributed by atoms with van der Waals surface area (Å²) in [5.41, 5.74) is 0. The highest BCUT2D eigenvalue weighted by Gasteiger charge is 2.16. The van der Waals surface area contributed by atoms with Crippen LogP contribution in [0.25, 0.3) is 0 Å². The fourth-order valence-electron chi connectivity index (χ4n) is 2.50. The molecule has 1 aliphatic heterocycles. The fourth-order valence-corrected chi connectivity index (χ4v) is 2.50. The summed E-state index contributed by atoms with van der Waals surface area (Å²) in [7, 11) is 3.78. The molecule has 0 radical (unpaired) electrons. The first-order valence-corrected chi connectivity index (χ1v) is 7.53. The average Bonchev–Trinajstić information content (AvgIpc) is 2.70. The Balaban J connectivity index is 1.72. The van der Waals surface area contributed by atoms with Crippen LogP contribution in [-0.2, 0) is 0 Å². The van der Waals surface area contributed by atoms with Crippen molar-refractivity contribution in [3.63, 3.8) is 0 Å². The van der Waals surface area contributed by atoms with Gasteiger partial charge in [-0.2, -0.15) is 0 Å². The maximum Gasteiger partial charge on any atom is 0.119 e. The van der Waals surface area contributed by atoms with E-state index in [4.69, 9.17) is 9.47 Å². The molecule has 1 heterocycles. The molecule has 1 N–H and O–H groups in total. The Hall–Kier alpha value is -1.30. The van der Waals surface area contributed by atoms with Gasteiger partial charge in [-0.05, 0) is 50.8 Å². The molecule has 0 bridgehead atoms. The van der Waals surface area contributed by atoms with Crippen molar-refractivity contribution in [3.05, 3.63) is 24.3 Å². The van der Waals surface area contributed by atoms with Gasteiger partial charge in [-0.15, -0.1) is 0 Å². The molecule has 0 saturated carbocycles. The standard InChI is InChI=1S/C16H26N2O3/c1-17-8-3-9-18(11-10-17)12-14(19)13-21-16-6-4-15(20-2)5-7-16/h4-7,14,19H,3,8-13H2,1-2H3/t14-/m0/s1. The Labute approximate surface area is 127 Å². The van der Waals surface area contributed by atoms with Crippen LogP contribution in [0, 0.1) is 0 Å². The highest BCUT2D eigenvalue weighted by atomic mass is 16.5. The smallest absolute Gasteiger partial charge is 0.119 e. The highest BCUT2D eigenvalue weighted by molar-refractivity contribution is 5.31. The minimum Gasteiger partial charge on any atom is -0.497 e. The number of ether oxygens (including phenoxy) is 2. The highest BCUT2D eigenvalue weighted by Crippen LogP contribution is 2.17. The lowest BCUT2D eigenvalue weighted by atomic mass is 10.3. The summed E-state index contributed by atoms with van der Waals surface area (Å²) in [4.78, 5) is 4.64. The van der Waals surface area contributed by atoms with Crippen molar-refractivity contribution in [3.8, 4) is 11.5 Å². The van der Waals surface area contributed by atoms with Crippen molar-refractivity contribution in [2.24, 2.45) is 0 Å². The predicted octanol–water partition coefficient (Wildman–Crippen LogP) is 1.07. The van der Waals surface area contributed by atoms with Crippen LogP contribution in [0.2, 0.25) is 0 Å². The lowest BCUT2D eigenvalue weighted by Gasteiger charge is -2.23. The molecule has 1 aromatic carbocycles. The van der Waals surface area contributed by atoms with Gasteiger partial charge in [-0.25, -0.2) is 0 Å². The van der Waals surface area contributed by atoms with Crippen molar-refractivity contribution < 1.29 is 14.6 Å². The summed E-state index contributed by atoms with van der Waals surface area (Å²) in [6, 6.07) is 7.41. The molecular weight excluding hydrogens is 268 g/mol. The van der Waals surface area contributed by atoms with Crippen LogP contribution in [0.15, 0.2) is 24.3 Å². The molecule has 5 heteroatoms. The van der Waals surface area contributed by atoms with Crippen molar-refractivity contribution >= 4 is 0 Å². The zero-order valence-corrected chi connectivity index (χ0v) is 13.0. The van der Waals surface area contributed by atoms with E-state index in [1.165, 1.54) is 0 Å². The molecule has 118 valence electrons. The summed E-state index contributed by atoms with van der Waals surface area (Å²) in [5.74, 6) is 1.56. The Morgan fingerprint density at radius 2 is 1.81 bits per heavy atom. The molecule has 1 atom stereocenters. The van der Waals surface area contributed by atoms with Crippen molar-refractivity contribution in [1.82, 2.24) is 9.80 Å². The minimum atomic E-state index is -0.462. The number of likely N-dealkylation sites (N-methyl/N-ethyl adjacent to an activating group) is 1. The summed E-state index contributed by atoms with van der Waals surface area (Å²) < 4.78 is 10.7. The van der Waals surface area contributed by atoms with E-state index < -0.39 is 6.10 Å². The SMILES string of the molecule is COc1ccc(OC[C@@H](O)CN2CCCN(C)CC2)cc1. The fraction of sp³-hybridized carbons (Fsp3) is 0.625. The van der Waals surface area contributed by atoms with Crippen molar-refractivity contribution in [2.75, 3.05) is 53.5 Å². The zero-order chi connectivity index (χ0) is 15.1. The average molecular weight is 294 g/mol. The lowest BCUT2D eigenvalue weighted by Crippen LogP contribution is -2.37. The molecule has 5 nitrogen and oxygen atoms in total. The van der Waals surface area contributed by atoms with Gasteiger partial charge in [0.05, 0.1) is 7.11 Å². The van der Waals surface area contributed by atoms with Crippen LogP contribution < -0.4 is 9.47 Å². The van der Waals surface area contributed by atoms with Gasteiger partial charge in [-0.1, -0.05) is 0 Å². The van der Waals surface area contributed by atoms with Gasteiger partial charge in [0.1, 0.15) is 24.2 Å². The van der Waals surface area contributed by atoms with E-state index in [2.05, 4.69) is 16.8 Å². The van der Waals surface area contributed by atoms with E-state index in [9.17, 15) is 5.11 Å². The number of nitrogens with zero attached hydrogens (tertiary/aromatic N) is 2. The van der Waals surface area contributed by atoms with Gasteiger partial charge in [0.15, 0.2) is 0 Å². The van der Waals surface area contributed by atoms with Crippen LogP contribution in [0.3, 0.4) is 0 Å². The molecule has 21 heavy (non-hydrogen) atoms. The zero-order valence-electron chi connectivity index (χ0n) is 13.0. The van der Waals surface area contributed by atoms with Crippen molar-refractivity contribution in [1.29, 1.82) is 0 Å². The molecule has 2 rings (SSSR count). The second kappa shape index (κ2) is 8.22. The Morgan fingerprint density at radius 3 is 2.52 bits per heavy atom. The van der Waals surface area contributed by atoms with E-state index in [0.717, 1.165) is 44.1 Å². The van der Waals surface area contributed by atoms with Crippen LogP contribution >= 0.6 is 0 Å². The number of methoxy groups -OCH3 is 1. The summed E-state index contributed by atoms with van der Waals surface area (Å²) >= 11 is 0. The van der Waals surface area contributed by atoms with E-state index >= 15 is 0 Å².